The number of H-pyrrole nitrogens is 1. The molecule has 2 aliphatic rings. The highest BCUT2D eigenvalue weighted by atomic mass is 32.2. The van der Waals surface area contributed by atoms with Crippen molar-refractivity contribution in [2.45, 2.75) is 50.1 Å². The third-order valence-corrected chi connectivity index (χ3v) is 8.33. The number of aromatic nitrogens is 1. The summed E-state index contributed by atoms with van der Waals surface area (Å²) in [7, 11) is -4.12. The number of benzene rings is 2. The van der Waals surface area contributed by atoms with E-state index >= 15 is 0 Å². The normalized spacial score (nSPS) is 18.6. The Labute approximate surface area is 213 Å². The molecule has 0 saturated heterocycles. The fraction of sp³-hybridized carbons (Fsp3) is 0.296. The summed E-state index contributed by atoms with van der Waals surface area (Å²) in [6.45, 7) is 4.40. The minimum atomic E-state index is -4.52. The average molecular weight is 530 g/mol. The Morgan fingerprint density at radius 2 is 1.81 bits per heavy atom. The maximum atomic E-state index is 13.0. The molecule has 1 atom stereocenters. The Morgan fingerprint density at radius 1 is 1.08 bits per heavy atom. The van der Waals surface area contributed by atoms with Gasteiger partial charge >= 0.3 is 6.18 Å². The Kier molecular flexibility index (Phi) is 6.18. The van der Waals surface area contributed by atoms with E-state index in [4.69, 9.17) is 0 Å². The van der Waals surface area contributed by atoms with E-state index < -0.39 is 21.8 Å². The molecule has 0 radical (unpaired) electrons. The topological polar surface area (TPSA) is 91.1 Å². The predicted octanol–water partition coefficient (Wildman–Crippen LogP) is 6.40. The van der Waals surface area contributed by atoms with Gasteiger partial charge in [0.2, 0.25) is 0 Å². The number of halogens is 3. The minimum absolute atomic E-state index is 0.00450. The van der Waals surface area contributed by atoms with Crippen molar-refractivity contribution in [2.24, 2.45) is 5.92 Å². The van der Waals surface area contributed by atoms with Gasteiger partial charge in [-0.3, -0.25) is 9.52 Å². The molecule has 3 N–H and O–H groups in total. The van der Waals surface area contributed by atoms with Crippen LogP contribution in [0, 0.1) is 5.92 Å². The van der Waals surface area contributed by atoms with Crippen molar-refractivity contribution in [3.63, 3.8) is 0 Å². The van der Waals surface area contributed by atoms with E-state index in [9.17, 15) is 26.4 Å². The smallest absolute Gasteiger partial charge is 0.359 e. The number of hydrogen-bond acceptors (Lipinski definition) is 3. The molecule has 5 rings (SSSR count). The highest BCUT2D eigenvalue weighted by molar-refractivity contribution is 7.92. The van der Waals surface area contributed by atoms with E-state index in [2.05, 4.69) is 34.9 Å². The highest BCUT2D eigenvalue weighted by Gasteiger charge is 2.31. The van der Waals surface area contributed by atoms with Crippen LogP contribution in [0.25, 0.3) is 11.6 Å². The first kappa shape index (κ1) is 25.1. The summed E-state index contributed by atoms with van der Waals surface area (Å²) in [5.74, 6) is 0.605. The van der Waals surface area contributed by atoms with Crippen LogP contribution in [0.15, 0.2) is 53.4 Å². The average Bonchev–Trinajstić information content (AvgIpc) is 3.38. The fourth-order valence-corrected chi connectivity index (χ4v) is 6.16. The van der Waals surface area contributed by atoms with Crippen LogP contribution in [-0.4, -0.2) is 19.3 Å². The van der Waals surface area contributed by atoms with Gasteiger partial charge < -0.3 is 10.3 Å². The number of hydrogen-bond donors (Lipinski definition) is 3. The number of sulfonamides is 1. The summed E-state index contributed by atoms with van der Waals surface area (Å²) < 4.78 is 66.7. The maximum Gasteiger partial charge on any atom is 0.416 e. The zero-order chi connectivity index (χ0) is 26.5. The van der Waals surface area contributed by atoms with Gasteiger partial charge in [0.1, 0.15) is 0 Å². The fourth-order valence-electron chi connectivity index (χ4n) is 5.07. The van der Waals surface area contributed by atoms with Gasteiger partial charge in [0.25, 0.3) is 15.9 Å². The van der Waals surface area contributed by atoms with Crippen LogP contribution in [0.5, 0.6) is 0 Å². The third-order valence-electron chi connectivity index (χ3n) is 6.95. The molecular weight excluding hydrogens is 503 g/mol. The number of alkyl halides is 3. The highest BCUT2D eigenvalue weighted by Crippen LogP contribution is 2.39. The number of rotatable bonds is 5. The quantitative estimate of drug-likeness (QED) is 0.334. The number of fused-ring (bicyclic) bond motifs is 2. The number of aryl methyl sites for hydroxylation is 1. The first-order chi connectivity index (χ1) is 17.4. The largest absolute Gasteiger partial charge is 0.416 e. The minimum Gasteiger partial charge on any atom is -0.359 e. The summed E-state index contributed by atoms with van der Waals surface area (Å²) in [6.07, 6.45) is 0.380. The monoisotopic (exact) mass is 529 g/mol. The van der Waals surface area contributed by atoms with E-state index in [1.165, 1.54) is 29.5 Å². The van der Waals surface area contributed by atoms with Crippen LogP contribution >= 0.6 is 0 Å². The van der Waals surface area contributed by atoms with Crippen molar-refractivity contribution in [1.29, 1.82) is 0 Å². The van der Waals surface area contributed by atoms with Gasteiger partial charge in [-0.1, -0.05) is 13.8 Å². The zero-order valence-electron chi connectivity index (χ0n) is 20.2. The molecule has 10 heteroatoms. The van der Waals surface area contributed by atoms with Crippen LogP contribution < -0.4 is 10.0 Å². The number of carbonyl (C=O) groups excluding carboxylic acids is 1. The molecule has 2 aromatic carbocycles. The van der Waals surface area contributed by atoms with Crippen LogP contribution in [0.3, 0.4) is 0 Å². The molecule has 0 saturated carbocycles. The molecule has 1 aliphatic heterocycles. The van der Waals surface area contributed by atoms with Crippen LogP contribution in [0.4, 0.5) is 24.5 Å². The van der Waals surface area contributed by atoms with Crippen molar-refractivity contribution in [2.75, 3.05) is 10.0 Å². The van der Waals surface area contributed by atoms with Gasteiger partial charge in [-0.25, -0.2) is 8.42 Å². The second-order valence-electron chi connectivity index (χ2n) is 9.80. The lowest BCUT2D eigenvalue weighted by molar-refractivity contribution is -0.137. The molecular formula is C27H26F3N3O3S. The molecule has 2 heterocycles. The van der Waals surface area contributed by atoms with Crippen molar-refractivity contribution < 1.29 is 26.4 Å². The van der Waals surface area contributed by atoms with E-state index in [1.54, 1.807) is 6.08 Å². The third kappa shape index (κ3) is 4.90. The Hall–Kier alpha value is -3.53. The first-order valence-electron chi connectivity index (χ1n) is 12.0. The predicted molar refractivity (Wildman–Crippen MR) is 137 cm³/mol. The van der Waals surface area contributed by atoms with E-state index in [0.717, 1.165) is 49.2 Å². The lowest BCUT2D eigenvalue weighted by Crippen LogP contribution is -2.13. The molecule has 37 heavy (non-hydrogen) atoms. The molecule has 6 nitrogen and oxygen atoms in total. The Morgan fingerprint density at radius 3 is 2.49 bits per heavy atom. The van der Waals surface area contributed by atoms with Gasteiger partial charge in [0, 0.05) is 28.3 Å². The molecule has 1 aliphatic carbocycles. The first-order valence-corrected chi connectivity index (χ1v) is 13.5. The number of amides is 1. The van der Waals surface area contributed by atoms with E-state index in [1.807, 2.05) is 0 Å². The molecule has 3 aromatic rings. The lowest BCUT2D eigenvalue weighted by atomic mass is 9.80. The van der Waals surface area contributed by atoms with E-state index in [0.29, 0.717) is 28.7 Å². The van der Waals surface area contributed by atoms with Gasteiger partial charge in [0.05, 0.1) is 16.0 Å². The molecule has 1 unspecified atom stereocenters. The van der Waals surface area contributed by atoms with Crippen LogP contribution in [0.1, 0.15) is 60.7 Å². The van der Waals surface area contributed by atoms with Crippen molar-refractivity contribution in [3.8, 4) is 0 Å². The number of nitrogens with one attached hydrogen (secondary N) is 3. The van der Waals surface area contributed by atoms with Crippen molar-refractivity contribution in [1.82, 2.24) is 4.98 Å². The summed E-state index contributed by atoms with van der Waals surface area (Å²) in [5, 5.41) is 2.76. The molecule has 0 spiro atoms. The second kappa shape index (κ2) is 9.09. The molecule has 1 amide bonds. The summed E-state index contributed by atoms with van der Waals surface area (Å²) in [5.41, 5.74) is 3.60. The Balaban J connectivity index is 1.45. The van der Waals surface area contributed by atoms with Gasteiger partial charge in [-0.05, 0) is 91.3 Å². The van der Waals surface area contributed by atoms with Crippen molar-refractivity contribution >= 4 is 39.0 Å². The number of anilines is 2. The van der Waals surface area contributed by atoms with Crippen LogP contribution in [-0.2, 0) is 27.4 Å². The van der Waals surface area contributed by atoms with Gasteiger partial charge in [-0.15, -0.1) is 0 Å². The van der Waals surface area contributed by atoms with E-state index in [-0.39, 0.29) is 16.5 Å². The standard InChI is InChI=1S/C27H26F3N3O3S/c1-15(2)20-4-3-5-24-21(20)12-18(31-24)13-23-22-14-19(10-11-25(22)32-26(23)34)37(35,36)33-17-8-6-16(7-9-17)27(28,29)30/h6-15,20,31,33H,3-5H2,1-2H3,(H,32,34). The molecule has 0 fully saturated rings. The second-order valence-corrected chi connectivity index (χ2v) is 11.5. The van der Waals surface area contributed by atoms with Gasteiger partial charge in [0.15, 0.2) is 0 Å². The van der Waals surface area contributed by atoms with Crippen LogP contribution in [0.2, 0.25) is 0 Å². The summed E-state index contributed by atoms with van der Waals surface area (Å²) in [4.78, 5) is 16.1. The number of aromatic amines is 1. The van der Waals surface area contributed by atoms with Crippen molar-refractivity contribution in [3.05, 3.63) is 76.6 Å². The molecule has 1 aromatic heterocycles. The SMILES string of the molecule is CC(C)C1CCCc2[nH]c(C=C3C(=O)Nc4ccc(S(=O)(=O)Nc5ccc(C(F)(F)F)cc5)cc43)cc21. The zero-order valence-corrected chi connectivity index (χ0v) is 21.1. The molecule has 194 valence electrons. The summed E-state index contributed by atoms with van der Waals surface area (Å²) >= 11 is 0. The lowest BCUT2D eigenvalue weighted by Gasteiger charge is -2.25. The summed E-state index contributed by atoms with van der Waals surface area (Å²) in [6, 6.07) is 10.0. The molecule has 0 bridgehead atoms. The van der Waals surface area contributed by atoms with Gasteiger partial charge in [-0.2, -0.15) is 13.2 Å². The number of carbonyl (C=O) groups is 1. The Bertz CT molecular complexity index is 1500. The maximum absolute atomic E-state index is 13.0.